The van der Waals surface area contributed by atoms with Crippen molar-refractivity contribution in [3.05, 3.63) is 45.5 Å². The molecule has 0 saturated carbocycles. The standard InChI is InChI=1S/C33H44N4O12/c1-6-19-11-20(38)16-36(19)32(41)21-12-27(45-3)29(14-24(21)34-7-2)48-9-8-10-49-30-15-25(37(43)44)22(13-28(30)46-4)31(40)35-17-23(26(39)18-35)33(42)47-5/h12-15,19-20,23,26,34,38-39H,6-11,16-18H2,1-5H3/t19-,20?,23?,26+/m1/s1. The molecular formula is C33H44N4O12. The molecule has 0 aliphatic carbocycles. The third-order valence-electron chi connectivity index (χ3n) is 8.62. The van der Waals surface area contributed by atoms with Crippen LogP contribution >= 0.6 is 0 Å². The number of ether oxygens (including phenoxy) is 5. The first-order chi connectivity index (χ1) is 23.5. The Bertz CT molecular complexity index is 1540. The highest BCUT2D eigenvalue weighted by atomic mass is 16.6. The number of nitrogens with zero attached hydrogens (tertiary/aromatic N) is 3. The van der Waals surface area contributed by atoms with Crippen molar-refractivity contribution in [1.29, 1.82) is 0 Å². The Balaban J connectivity index is 1.43. The zero-order valence-corrected chi connectivity index (χ0v) is 28.3. The highest BCUT2D eigenvalue weighted by molar-refractivity contribution is 6.01. The summed E-state index contributed by atoms with van der Waals surface area (Å²) in [6, 6.07) is 5.55. The zero-order valence-electron chi connectivity index (χ0n) is 28.3. The SMILES string of the molecule is CCNc1cc(OCCCOc2cc([N+](=O)[O-])c(C(=O)N3CC(C(=O)OC)[C@@H](O)C3)cc2OC)c(OC)cc1C(=O)N1CC(O)C[C@H]1CC. The number of nitro benzene ring substituents is 1. The van der Waals surface area contributed by atoms with Gasteiger partial charge in [-0.1, -0.05) is 6.92 Å². The average Bonchev–Trinajstić information content (AvgIpc) is 3.68. The molecule has 2 aromatic rings. The van der Waals surface area contributed by atoms with E-state index in [1.165, 1.54) is 27.4 Å². The molecule has 0 radical (unpaired) electrons. The van der Waals surface area contributed by atoms with Crippen molar-refractivity contribution in [3.8, 4) is 23.0 Å². The second kappa shape index (κ2) is 16.5. The van der Waals surface area contributed by atoms with E-state index in [0.717, 1.165) is 17.4 Å². The highest BCUT2D eigenvalue weighted by Crippen LogP contribution is 2.38. The van der Waals surface area contributed by atoms with E-state index in [1.54, 1.807) is 17.0 Å². The van der Waals surface area contributed by atoms with Crippen LogP contribution in [0.15, 0.2) is 24.3 Å². The number of β-amino-alcohol motifs (C(OH)–C–C–N with tert-alkyl or cyclic N) is 2. The van der Waals surface area contributed by atoms with Crippen LogP contribution in [-0.4, -0.2) is 122 Å². The molecule has 0 aromatic heterocycles. The Kier molecular flexibility index (Phi) is 12.5. The summed E-state index contributed by atoms with van der Waals surface area (Å²) in [6.45, 7) is 4.56. The molecule has 3 N–H and O–H groups in total. The van der Waals surface area contributed by atoms with Crippen LogP contribution in [0, 0.1) is 16.0 Å². The summed E-state index contributed by atoms with van der Waals surface area (Å²) in [6.07, 6.45) is -0.146. The highest BCUT2D eigenvalue weighted by Gasteiger charge is 2.41. The number of aliphatic hydroxyl groups is 2. The topological polar surface area (TPSA) is 199 Å². The number of rotatable bonds is 15. The Morgan fingerprint density at radius 2 is 1.53 bits per heavy atom. The number of hydrogen-bond donors (Lipinski definition) is 3. The number of carbonyl (C=O) groups excluding carboxylic acids is 3. The summed E-state index contributed by atoms with van der Waals surface area (Å²) in [5, 5.41) is 35.6. The van der Waals surface area contributed by atoms with Crippen molar-refractivity contribution < 1.29 is 53.2 Å². The van der Waals surface area contributed by atoms with Gasteiger partial charge in [0.1, 0.15) is 11.5 Å². The van der Waals surface area contributed by atoms with Crippen molar-refractivity contribution in [3.63, 3.8) is 0 Å². The molecule has 2 fully saturated rings. The molecular weight excluding hydrogens is 644 g/mol. The van der Waals surface area contributed by atoms with Crippen LogP contribution in [0.25, 0.3) is 0 Å². The molecule has 2 heterocycles. The minimum Gasteiger partial charge on any atom is -0.493 e. The van der Waals surface area contributed by atoms with Gasteiger partial charge in [0.25, 0.3) is 17.5 Å². The molecule has 4 atom stereocenters. The predicted octanol–water partition coefficient (Wildman–Crippen LogP) is 2.48. The maximum atomic E-state index is 13.5. The van der Waals surface area contributed by atoms with Crippen LogP contribution in [0.3, 0.4) is 0 Å². The number of nitro groups is 1. The molecule has 2 aliphatic rings. The Labute approximate surface area is 284 Å². The van der Waals surface area contributed by atoms with Gasteiger partial charge >= 0.3 is 5.97 Å². The van der Waals surface area contributed by atoms with Crippen LogP contribution in [-0.2, 0) is 9.53 Å². The van der Waals surface area contributed by atoms with Gasteiger partial charge < -0.3 is 49.0 Å². The van der Waals surface area contributed by atoms with Gasteiger partial charge in [0.2, 0.25) is 0 Å². The van der Waals surface area contributed by atoms with E-state index < -0.39 is 40.6 Å². The largest absolute Gasteiger partial charge is 0.493 e. The number of methoxy groups -OCH3 is 3. The lowest BCUT2D eigenvalue weighted by atomic mass is 10.1. The maximum Gasteiger partial charge on any atom is 0.313 e. The molecule has 2 unspecified atom stereocenters. The van der Waals surface area contributed by atoms with E-state index in [9.17, 15) is 34.7 Å². The van der Waals surface area contributed by atoms with Gasteiger partial charge in [-0.15, -0.1) is 0 Å². The Morgan fingerprint density at radius 3 is 2.10 bits per heavy atom. The summed E-state index contributed by atoms with van der Waals surface area (Å²) < 4.78 is 27.4. The third-order valence-corrected chi connectivity index (χ3v) is 8.62. The van der Waals surface area contributed by atoms with Gasteiger partial charge in [0.05, 0.1) is 69.0 Å². The fourth-order valence-corrected chi connectivity index (χ4v) is 6.10. The van der Waals surface area contributed by atoms with Crippen molar-refractivity contribution in [2.45, 2.75) is 51.4 Å². The fourth-order valence-electron chi connectivity index (χ4n) is 6.10. The number of benzene rings is 2. The summed E-state index contributed by atoms with van der Waals surface area (Å²) in [5.74, 6) is -1.77. The molecule has 2 aliphatic heterocycles. The molecule has 4 rings (SSSR count). The summed E-state index contributed by atoms with van der Waals surface area (Å²) >= 11 is 0. The lowest BCUT2D eigenvalue weighted by molar-refractivity contribution is -0.385. The monoisotopic (exact) mass is 688 g/mol. The van der Waals surface area contributed by atoms with E-state index in [4.69, 9.17) is 18.9 Å². The molecule has 16 nitrogen and oxygen atoms in total. The van der Waals surface area contributed by atoms with E-state index in [-0.39, 0.29) is 61.9 Å². The normalized spacial score (nSPS) is 20.1. The molecule has 0 bridgehead atoms. The van der Waals surface area contributed by atoms with Gasteiger partial charge in [0.15, 0.2) is 23.0 Å². The van der Waals surface area contributed by atoms with Gasteiger partial charge in [-0.2, -0.15) is 0 Å². The van der Waals surface area contributed by atoms with Crippen LogP contribution in [0.1, 0.15) is 53.8 Å². The molecule has 16 heteroatoms. The first-order valence-electron chi connectivity index (χ1n) is 16.1. The fraction of sp³-hybridized carbons (Fsp3) is 0.545. The minimum atomic E-state index is -1.17. The lowest BCUT2D eigenvalue weighted by Crippen LogP contribution is -2.36. The second-order valence-corrected chi connectivity index (χ2v) is 11.7. The number of aliphatic hydroxyl groups excluding tert-OH is 2. The Hall–Kier alpha value is -4.83. The molecule has 2 saturated heterocycles. The summed E-state index contributed by atoms with van der Waals surface area (Å²) in [4.78, 5) is 52.9. The number of anilines is 1. The van der Waals surface area contributed by atoms with Crippen molar-refractivity contribution in [1.82, 2.24) is 9.80 Å². The van der Waals surface area contributed by atoms with E-state index in [2.05, 4.69) is 10.1 Å². The van der Waals surface area contributed by atoms with E-state index in [0.29, 0.717) is 42.1 Å². The molecule has 0 spiro atoms. The third kappa shape index (κ3) is 8.25. The quantitative estimate of drug-likeness (QED) is 0.107. The molecule has 2 amide bonds. The minimum absolute atomic E-state index is 0.0342. The number of esters is 1. The summed E-state index contributed by atoms with van der Waals surface area (Å²) in [5.41, 5.74) is 0.150. The first-order valence-corrected chi connectivity index (χ1v) is 16.1. The van der Waals surface area contributed by atoms with Gasteiger partial charge in [-0.25, -0.2) is 0 Å². The van der Waals surface area contributed by atoms with Crippen LogP contribution in [0.5, 0.6) is 23.0 Å². The number of nitrogens with one attached hydrogen (secondary N) is 1. The predicted molar refractivity (Wildman–Crippen MR) is 176 cm³/mol. The van der Waals surface area contributed by atoms with Crippen LogP contribution in [0.4, 0.5) is 11.4 Å². The van der Waals surface area contributed by atoms with Crippen LogP contribution < -0.4 is 24.3 Å². The molecule has 268 valence electrons. The number of likely N-dealkylation sites (tertiary alicyclic amines) is 2. The van der Waals surface area contributed by atoms with Crippen molar-refractivity contribution >= 4 is 29.2 Å². The van der Waals surface area contributed by atoms with E-state index >= 15 is 0 Å². The van der Waals surface area contributed by atoms with Gasteiger partial charge in [-0.3, -0.25) is 24.5 Å². The smallest absolute Gasteiger partial charge is 0.313 e. The summed E-state index contributed by atoms with van der Waals surface area (Å²) in [7, 11) is 3.97. The number of amides is 2. The first kappa shape index (κ1) is 37.0. The van der Waals surface area contributed by atoms with Crippen LogP contribution in [0.2, 0.25) is 0 Å². The van der Waals surface area contributed by atoms with Crippen molar-refractivity contribution in [2.75, 3.05) is 66.0 Å². The van der Waals surface area contributed by atoms with Crippen molar-refractivity contribution in [2.24, 2.45) is 5.92 Å². The van der Waals surface area contributed by atoms with Gasteiger partial charge in [-0.05, 0) is 25.8 Å². The lowest BCUT2D eigenvalue weighted by Gasteiger charge is -2.25. The molecule has 49 heavy (non-hydrogen) atoms. The second-order valence-electron chi connectivity index (χ2n) is 11.7. The molecule has 2 aromatic carbocycles. The zero-order chi connectivity index (χ0) is 35.8. The Morgan fingerprint density at radius 1 is 0.898 bits per heavy atom. The maximum absolute atomic E-state index is 13.5. The average molecular weight is 689 g/mol. The van der Waals surface area contributed by atoms with E-state index in [1.807, 2.05) is 13.8 Å². The number of hydrogen-bond acceptors (Lipinski definition) is 13. The number of carbonyl (C=O) groups is 3. The van der Waals surface area contributed by atoms with Gasteiger partial charge in [0, 0.05) is 50.8 Å².